The second kappa shape index (κ2) is 10.7. The molecule has 1 heterocycles. The summed E-state index contributed by atoms with van der Waals surface area (Å²) in [6, 6.07) is 3.85. The number of guanidine groups is 1. The fraction of sp³-hybridized carbons (Fsp3) is 0.700. The highest BCUT2D eigenvalue weighted by atomic mass is 32.1. The number of ether oxygens (including phenoxy) is 1. The minimum absolute atomic E-state index is 0.0134. The first-order chi connectivity index (χ1) is 13.0. The molecule has 0 aromatic carbocycles. The number of aliphatic imine (C=N–C) groups is 1. The third-order valence-corrected chi connectivity index (χ3v) is 5.26. The normalized spacial score (nSPS) is 15.5. The van der Waals surface area contributed by atoms with Crippen molar-refractivity contribution in [1.82, 2.24) is 15.5 Å². The number of hydrogen-bond donors (Lipinski definition) is 3. The Labute approximate surface area is 173 Å². The number of nitrogens with one attached hydrogen (secondary N) is 2. The van der Waals surface area contributed by atoms with E-state index in [4.69, 9.17) is 4.74 Å². The largest absolute Gasteiger partial charge is 0.444 e. The summed E-state index contributed by atoms with van der Waals surface area (Å²) in [6.07, 6.45) is 0.411. The number of aliphatic hydroxyl groups is 1. The molecule has 1 rings (SSSR count). The van der Waals surface area contributed by atoms with Crippen LogP contribution in [0.3, 0.4) is 0 Å². The molecule has 0 saturated heterocycles. The van der Waals surface area contributed by atoms with E-state index in [2.05, 4.69) is 15.6 Å². The molecule has 0 aliphatic heterocycles. The maximum absolute atomic E-state index is 12.1. The number of rotatable bonds is 8. The maximum atomic E-state index is 12.1. The lowest BCUT2D eigenvalue weighted by molar-refractivity contribution is 0.0230. The van der Waals surface area contributed by atoms with E-state index >= 15 is 0 Å². The zero-order valence-electron chi connectivity index (χ0n) is 18.2. The predicted molar refractivity (Wildman–Crippen MR) is 116 cm³/mol. The molecule has 2 atom stereocenters. The van der Waals surface area contributed by atoms with Gasteiger partial charge in [-0.05, 0) is 59.4 Å². The van der Waals surface area contributed by atoms with Crippen molar-refractivity contribution in [3.05, 3.63) is 22.4 Å². The Hall–Kier alpha value is -1.80. The summed E-state index contributed by atoms with van der Waals surface area (Å²) >= 11 is 1.52. The van der Waals surface area contributed by atoms with Gasteiger partial charge in [-0.1, -0.05) is 6.07 Å². The second-order valence-electron chi connectivity index (χ2n) is 8.10. The molecular weight excluding hydrogens is 376 g/mol. The van der Waals surface area contributed by atoms with Crippen LogP contribution >= 0.6 is 11.3 Å². The Morgan fingerprint density at radius 3 is 2.57 bits per heavy atom. The monoisotopic (exact) mass is 412 g/mol. The first-order valence-corrected chi connectivity index (χ1v) is 10.6. The average Bonchev–Trinajstić information content (AvgIpc) is 3.13. The van der Waals surface area contributed by atoms with Crippen molar-refractivity contribution in [3.63, 3.8) is 0 Å². The highest BCUT2D eigenvalue weighted by Crippen LogP contribution is 2.25. The van der Waals surface area contributed by atoms with Gasteiger partial charge in [0.2, 0.25) is 0 Å². The number of amides is 1. The van der Waals surface area contributed by atoms with E-state index in [1.807, 2.05) is 52.1 Å². The Morgan fingerprint density at radius 2 is 2.04 bits per heavy atom. The molecule has 160 valence electrons. The zero-order chi connectivity index (χ0) is 21.4. The molecule has 0 fully saturated rings. The standard InChI is InChI=1S/C20H36N4O3S/c1-8-21-17(23-14-20(6,26)16-10-9-13-28-16)22-12-11-15(2)24(7)18(25)27-19(3,4)5/h9-10,13,15,26H,8,11-12,14H2,1-7H3,(H2,21,22,23). The smallest absolute Gasteiger partial charge is 0.410 e. The molecule has 0 aliphatic rings. The molecule has 28 heavy (non-hydrogen) atoms. The van der Waals surface area contributed by atoms with E-state index in [1.165, 1.54) is 11.3 Å². The molecule has 1 aromatic rings. The predicted octanol–water partition coefficient (Wildman–Crippen LogP) is 3.16. The van der Waals surface area contributed by atoms with Gasteiger partial charge in [0.25, 0.3) is 0 Å². The van der Waals surface area contributed by atoms with Crippen molar-refractivity contribution < 1.29 is 14.6 Å². The average molecular weight is 413 g/mol. The van der Waals surface area contributed by atoms with Gasteiger partial charge in [0.1, 0.15) is 11.2 Å². The molecule has 0 radical (unpaired) electrons. The van der Waals surface area contributed by atoms with Gasteiger partial charge >= 0.3 is 6.09 Å². The molecule has 0 aliphatic carbocycles. The fourth-order valence-corrected chi connectivity index (χ4v) is 3.12. The number of thiophene rings is 1. The van der Waals surface area contributed by atoms with Crippen molar-refractivity contribution in [1.29, 1.82) is 0 Å². The van der Waals surface area contributed by atoms with Crippen LogP contribution in [0.2, 0.25) is 0 Å². The minimum Gasteiger partial charge on any atom is -0.444 e. The van der Waals surface area contributed by atoms with Gasteiger partial charge in [-0.25, -0.2) is 9.79 Å². The van der Waals surface area contributed by atoms with Gasteiger partial charge in [-0.15, -0.1) is 11.3 Å². The van der Waals surface area contributed by atoms with Crippen LogP contribution in [0, 0.1) is 0 Å². The van der Waals surface area contributed by atoms with Crippen LogP contribution in [0.1, 0.15) is 52.8 Å². The Morgan fingerprint density at radius 1 is 1.36 bits per heavy atom. The molecule has 7 nitrogen and oxygen atoms in total. The zero-order valence-corrected chi connectivity index (χ0v) is 19.0. The van der Waals surface area contributed by atoms with Crippen LogP contribution in [-0.2, 0) is 10.3 Å². The van der Waals surface area contributed by atoms with Gasteiger partial charge in [0, 0.05) is 31.1 Å². The number of nitrogens with zero attached hydrogens (tertiary/aromatic N) is 2. The van der Waals surface area contributed by atoms with E-state index in [0.717, 1.165) is 17.8 Å². The summed E-state index contributed by atoms with van der Waals surface area (Å²) in [4.78, 5) is 19.2. The Balaban J connectivity index is 2.55. The van der Waals surface area contributed by atoms with Crippen molar-refractivity contribution in [2.45, 2.75) is 65.2 Å². The molecule has 2 unspecified atom stereocenters. The molecule has 3 N–H and O–H groups in total. The maximum Gasteiger partial charge on any atom is 0.410 e. The summed E-state index contributed by atoms with van der Waals surface area (Å²) in [6.45, 7) is 12.9. The summed E-state index contributed by atoms with van der Waals surface area (Å²) in [7, 11) is 1.75. The molecule has 0 bridgehead atoms. The molecule has 0 saturated carbocycles. The van der Waals surface area contributed by atoms with Gasteiger partial charge < -0.3 is 25.4 Å². The molecule has 8 heteroatoms. The van der Waals surface area contributed by atoms with E-state index in [-0.39, 0.29) is 18.7 Å². The lowest BCUT2D eigenvalue weighted by atomic mass is 10.1. The topological polar surface area (TPSA) is 86.2 Å². The van der Waals surface area contributed by atoms with Crippen LogP contribution in [-0.4, -0.2) is 60.4 Å². The number of carbonyl (C=O) groups excluding carboxylic acids is 1. The quantitative estimate of drug-likeness (QED) is 0.451. The SMILES string of the molecule is CCNC(=NCC(C)(O)c1cccs1)NCCC(C)N(C)C(=O)OC(C)(C)C. The van der Waals surface area contributed by atoms with Gasteiger partial charge in [0.15, 0.2) is 5.96 Å². The van der Waals surface area contributed by atoms with E-state index in [9.17, 15) is 9.90 Å². The lowest BCUT2D eigenvalue weighted by Gasteiger charge is -2.29. The summed E-state index contributed by atoms with van der Waals surface area (Å²) in [5.41, 5.74) is -1.51. The van der Waals surface area contributed by atoms with Crippen LogP contribution < -0.4 is 10.6 Å². The summed E-state index contributed by atoms with van der Waals surface area (Å²) in [5.74, 6) is 0.645. The highest BCUT2D eigenvalue weighted by Gasteiger charge is 2.24. The van der Waals surface area contributed by atoms with Crippen molar-refractivity contribution >= 4 is 23.4 Å². The third-order valence-electron chi connectivity index (χ3n) is 4.14. The first kappa shape index (κ1) is 24.2. The van der Waals surface area contributed by atoms with Gasteiger partial charge in [0.05, 0.1) is 6.54 Å². The third kappa shape index (κ3) is 8.48. The van der Waals surface area contributed by atoms with Crippen molar-refractivity contribution in [2.24, 2.45) is 4.99 Å². The van der Waals surface area contributed by atoms with Crippen LogP contribution in [0.5, 0.6) is 0 Å². The van der Waals surface area contributed by atoms with Gasteiger partial charge in [-0.3, -0.25) is 0 Å². The Bertz CT molecular complexity index is 624. The van der Waals surface area contributed by atoms with Crippen molar-refractivity contribution in [3.8, 4) is 0 Å². The van der Waals surface area contributed by atoms with E-state index in [1.54, 1.807) is 18.9 Å². The first-order valence-electron chi connectivity index (χ1n) is 9.70. The van der Waals surface area contributed by atoms with E-state index in [0.29, 0.717) is 12.5 Å². The molecular formula is C20H36N4O3S. The molecule has 1 amide bonds. The number of carbonyl (C=O) groups is 1. The summed E-state index contributed by atoms with van der Waals surface area (Å²) in [5, 5.41) is 19.0. The molecule has 0 spiro atoms. The molecule has 1 aromatic heterocycles. The fourth-order valence-electron chi connectivity index (χ4n) is 2.34. The Kier molecular flexibility index (Phi) is 9.23. The lowest BCUT2D eigenvalue weighted by Crippen LogP contribution is -2.43. The van der Waals surface area contributed by atoms with Crippen LogP contribution in [0.25, 0.3) is 0 Å². The number of hydrogen-bond acceptors (Lipinski definition) is 5. The van der Waals surface area contributed by atoms with Crippen molar-refractivity contribution in [2.75, 3.05) is 26.7 Å². The minimum atomic E-state index is -0.999. The van der Waals surface area contributed by atoms with Crippen LogP contribution in [0.4, 0.5) is 4.79 Å². The summed E-state index contributed by atoms with van der Waals surface area (Å²) < 4.78 is 5.40. The van der Waals surface area contributed by atoms with E-state index < -0.39 is 11.2 Å². The van der Waals surface area contributed by atoms with Crippen LogP contribution in [0.15, 0.2) is 22.5 Å². The van der Waals surface area contributed by atoms with Gasteiger partial charge in [-0.2, -0.15) is 0 Å². The highest BCUT2D eigenvalue weighted by molar-refractivity contribution is 7.10. The second-order valence-corrected chi connectivity index (χ2v) is 9.05.